The molecule has 3 nitrogen and oxygen atoms in total. The van der Waals surface area contributed by atoms with Gasteiger partial charge in [0.15, 0.2) is 0 Å². The second-order valence-electron chi connectivity index (χ2n) is 3.90. The lowest BCUT2D eigenvalue weighted by atomic mass is 10.2. The number of unbranched alkanes of at least 4 members (excludes halogenated alkanes) is 1. The van der Waals surface area contributed by atoms with Gasteiger partial charge in [-0.2, -0.15) is 0 Å². The third-order valence-corrected chi connectivity index (χ3v) is 4.56. The summed E-state index contributed by atoms with van der Waals surface area (Å²) in [7, 11) is -3.45. The molecule has 1 aromatic carbocycles. The summed E-state index contributed by atoms with van der Waals surface area (Å²) in [6.07, 6.45) is 1.12. The molecule has 0 aliphatic rings. The van der Waals surface area contributed by atoms with Crippen LogP contribution in [0.5, 0.6) is 0 Å². The van der Waals surface area contributed by atoms with E-state index in [0.717, 1.165) is 0 Å². The predicted octanol–water partition coefficient (Wildman–Crippen LogP) is 3.66. The highest BCUT2D eigenvalue weighted by Crippen LogP contribution is 2.24. The fraction of sp³-hybridized carbons (Fsp3) is 0.455. The summed E-state index contributed by atoms with van der Waals surface area (Å²) in [6, 6.07) is 2.70. The van der Waals surface area contributed by atoms with Crippen LogP contribution in [-0.4, -0.2) is 20.1 Å². The number of nitrogens with one attached hydrogen (secondary N) is 1. The van der Waals surface area contributed by atoms with Gasteiger partial charge in [-0.25, -0.2) is 12.8 Å². The van der Waals surface area contributed by atoms with E-state index in [4.69, 9.17) is 11.6 Å². The highest BCUT2D eigenvalue weighted by atomic mass is 79.9. The van der Waals surface area contributed by atoms with E-state index in [1.54, 1.807) is 6.92 Å². The van der Waals surface area contributed by atoms with E-state index >= 15 is 0 Å². The molecule has 7 heteroatoms. The summed E-state index contributed by atoms with van der Waals surface area (Å²) < 4.78 is 39.5. The van der Waals surface area contributed by atoms with Crippen molar-refractivity contribution in [2.24, 2.45) is 0 Å². The van der Waals surface area contributed by atoms with Crippen LogP contribution in [0.1, 0.15) is 18.4 Å². The van der Waals surface area contributed by atoms with Crippen LogP contribution in [0.2, 0.25) is 0 Å². The second-order valence-corrected chi connectivity index (χ2v) is 6.97. The lowest BCUT2D eigenvalue weighted by Gasteiger charge is -2.11. The highest BCUT2D eigenvalue weighted by molar-refractivity contribution is 9.10. The smallest absolute Gasteiger partial charge is 0.232 e. The number of halogens is 3. The monoisotopic (exact) mass is 357 g/mol. The van der Waals surface area contributed by atoms with Crippen LogP contribution in [0, 0.1) is 12.7 Å². The second kappa shape index (κ2) is 6.73. The zero-order valence-corrected chi connectivity index (χ0v) is 13.0. The summed E-state index contributed by atoms with van der Waals surface area (Å²) in [6.45, 7) is 1.71. The van der Waals surface area contributed by atoms with Gasteiger partial charge >= 0.3 is 0 Å². The van der Waals surface area contributed by atoms with Crippen LogP contribution in [0.3, 0.4) is 0 Å². The lowest BCUT2D eigenvalue weighted by molar-refractivity contribution is 0.597. The molecule has 0 unspecified atom stereocenters. The zero-order valence-electron chi connectivity index (χ0n) is 9.84. The third-order valence-electron chi connectivity index (χ3n) is 2.33. The van der Waals surface area contributed by atoms with E-state index in [2.05, 4.69) is 20.7 Å². The fourth-order valence-corrected chi connectivity index (χ4v) is 3.25. The number of rotatable bonds is 6. The van der Waals surface area contributed by atoms with E-state index in [9.17, 15) is 12.8 Å². The van der Waals surface area contributed by atoms with Crippen molar-refractivity contribution in [1.29, 1.82) is 0 Å². The Hall–Kier alpha value is -0.330. The quantitative estimate of drug-likeness (QED) is 0.623. The van der Waals surface area contributed by atoms with Crippen LogP contribution >= 0.6 is 27.5 Å². The van der Waals surface area contributed by atoms with Crippen molar-refractivity contribution in [3.8, 4) is 0 Å². The average molecular weight is 359 g/mol. The van der Waals surface area contributed by atoms with Gasteiger partial charge < -0.3 is 0 Å². The number of aryl methyl sites for hydroxylation is 1. The molecular weight excluding hydrogens is 345 g/mol. The number of sulfonamides is 1. The number of hydrogen-bond acceptors (Lipinski definition) is 2. The summed E-state index contributed by atoms with van der Waals surface area (Å²) in [5.74, 6) is -0.0859. The summed E-state index contributed by atoms with van der Waals surface area (Å²) in [4.78, 5) is 0. The summed E-state index contributed by atoms with van der Waals surface area (Å²) in [5, 5.41) is 0. The largest absolute Gasteiger partial charge is 0.283 e. The maximum absolute atomic E-state index is 13.3. The Bertz CT molecular complexity index is 522. The molecule has 0 atom stereocenters. The molecule has 1 rings (SSSR count). The fourth-order valence-electron chi connectivity index (χ4n) is 1.36. The van der Waals surface area contributed by atoms with Gasteiger partial charge in [-0.3, -0.25) is 4.72 Å². The predicted molar refractivity (Wildman–Crippen MR) is 76.2 cm³/mol. The first-order valence-corrected chi connectivity index (χ1v) is 8.36. The number of hydrogen-bond donors (Lipinski definition) is 1. The Balaban J connectivity index is 2.81. The zero-order chi connectivity index (χ0) is 13.8. The molecule has 0 fully saturated rings. The molecule has 0 amide bonds. The van der Waals surface area contributed by atoms with Crippen molar-refractivity contribution in [2.45, 2.75) is 19.8 Å². The van der Waals surface area contributed by atoms with Crippen molar-refractivity contribution in [1.82, 2.24) is 0 Å². The lowest BCUT2D eigenvalue weighted by Crippen LogP contribution is -2.17. The van der Waals surface area contributed by atoms with Gasteiger partial charge in [-0.05, 0) is 53.4 Å². The van der Waals surface area contributed by atoms with E-state index in [1.165, 1.54) is 12.1 Å². The van der Waals surface area contributed by atoms with Crippen molar-refractivity contribution < 1.29 is 12.8 Å². The molecule has 1 N–H and O–H groups in total. The molecule has 0 spiro atoms. The summed E-state index contributed by atoms with van der Waals surface area (Å²) in [5.41, 5.74) is 0.922. The molecule has 1 aromatic rings. The van der Waals surface area contributed by atoms with Gasteiger partial charge in [0.05, 0.1) is 15.9 Å². The van der Waals surface area contributed by atoms with Gasteiger partial charge in [-0.1, -0.05) is 0 Å². The average Bonchev–Trinajstić information content (AvgIpc) is 2.26. The molecular formula is C11H14BrClFNO2S. The molecule has 0 radical (unpaired) electrons. The Morgan fingerprint density at radius 2 is 2.06 bits per heavy atom. The molecule has 0 aliphatic heterocycles. The molecule has 0 saturated heterocycles. The van der Waals surface area contributed by atoms with E-state index in [1.807, 2.05) is 0 Å². The van der Waals surface area contributed by atoms with E-state index in [0.29, 0.717) is 28.8 Å². The van der Waals surface area contributed by atoms with Gasteiger partial charge in [0.1, 0.15) is 5.82 Å². The van der Waals surface area contributed by atoms with Gasteiger partial charge in [0.25, 0.3) is 0 Å². The molecule has 0 heterocycles. The van der Waals surface area contributed by atoms with Crippen LogP contribution in [0.4, 0.5) is 10.1 Å². The Morgan fingerprint density at radius 3 is 2.67 bits per heavy atom. The Labute approximate surface area is 120 Å². The molecule has 102 valence electrons. The highest BCUT2D eigenvalue weighted by Gasteiger charge is 2.13. The van der Waals surface area contributed by atoms with Gasteiger partial charge in [0.2, 0.25) is 10.0 Å². The molecule has 0 aliphatic carbocycles. The van der Waals surface area contributed by atoms with Gasteiger partial charge in [-0.15, -0.1) is 11.6 Å². The Morgan fingerprint density at radius 1 is 1.39 bits per heavy atom. The summed E-state index contributed by atoms with van der Waals surface area (Å²) >= 11 is 8.53. The van der Waals surface area contributed by atoms with E-state index in [-0.39, 0.29) is 11.4 Å². The van der Waals surface area contributed by atoms with Crippen LogP contribution in [0.15, 0.2) is 16.6 Å². The third kappa shape index (κ3) is 4.74. The first kappa shape index (κ1) is 15.7. The molecule has 0 saturated carbocycles. The topological polar surface area (TPSA) is 46.2 Å². The maximum atomic E-state index is 13.3. The van der Waals surface area contributed by atoms with Crippen molar-refractivity contribution in [2.75, 3.05) is 16.4 Å². The molecule has 18 heavy (non-hydrogen) atoms. The van der Waals surface area contributed by atoms with Crippen molar-refractivity contribution in [3.05, 3.63) is 28.0 Å². The number of alkyl halides is 1. The van der Waals surface area contributed by atoms with E-state index < -0.39 is 15.8 Å². The van der Waals surface area contributed by atoms with Crippen LogP contribution in [0.25, 0.3) is 0 Å². The first-order chi connectivity index (χ1) is 8.35. The standard InChI is InChI=1S/C11H14BrClFNO2S/c1-8-6-9(12)10(14)7-11(8)15-18(16,17)5-3-2-4-13/h6-7,15H,2-5H2,1H3. The van der Waals surface area contributed by atoms with Crippen molar-refractivity contribution in [3.63, 3.8) is 0 Å². The SMILES string of the molecule is Cc1cc(Br)c(F)cc1NS(=O)(=O)CCCCCl. The number of anilines is 1. The minimum atomic E-state index is -3.45. The normalized spacial score (nSPS) is 11.6. The van der Waals surface area contributed by atoms with Crippen LogP contribution < -0.4 is 4.72 Å². The molecule has 0 aromatic heterocycles. The van der Waals surface area contributed by atoms with Crippen molar-refractivity contribution >= 4 is 43.2 Å². The molecule has 0 bridgehead atoms. The van der Waals surface area contributed by atoms with Gasteiger partial charge in [0, 0.05) is 5.88 Å². The first-order valence-electron chi connectivity index (χ1n) is 5.38. The maximum Gasteiger partial charge on any atom is 0.232 e. The number of benzene rings is 1. The Kier molecular flexibility index (Phi) is 5.88. The minimum Gasteiger partial charge on any atom is -0.283 e. The van der Waals surface area contributed by atoms with Crippen LogP contribution in [-0.2, 0) is 10.0 Å². The minimum absolute atomic E-state index is 0.0170.